The second-order valence-corrected chi connectivity index (χ2v) is 6.91. The van der Waals surface area contributed by atoms with E-state index < -0.39 is 0 Å². The second-order valence-electron chi connectivity index (χ2n) is 6.91. The number of nitrogens with zero attached hydrogens (tertiary/aromatic N) is 1. The van der Waals surface area contributed by atoms with Crippen molar-refractivity contribution in [1.29, 1.82) is 0 Å². The summed E-state index contributed by atoms with van der Waals surface area (Å²) in [5.41, 5.74) is 1.45. The van der Waals surface area contributed by atoms with Gasteiger partial charge in [-0.15, -0.1) is 0 Å². The lowest BCUT2D eigenvalue weighted by Gasteiger charge is -2.40. The van der Waals surface area contributed by atoms with E-state index in [-0.39, 0.29) is 0 Å². The van der Waals surface area contributed by atoms with Gasteiger partial charge >= 0.3 is 0 Å². The van der Waals surface area contributed by atoms with Crippen LogP contribution in [0.4, 0.5) is 0 Å². The Hall–Kier alpha value is -0.860. The lowest BCUT2D eigenvalue weighted by atomic mass is 9.99. The van der Waals surface area contributed by atoms with Crippen molar-refractivity contribution in [3.8, 4) is 0 Å². The Balaban J connectivity index is 1.55. The van der Waals surface area contributed by atoms with Gasteiger partial charge in [0.25, 0.3) is 0 Å². The van der Waals surface area contributed by atoms with E-state index in [1.54, 1.807) is 0 Å². The lowest BCUT2D eigenvalue weighted by molar-refractivity contribution is 0.118. The van der Waals surface area contributed by atoms with Crippen LogP contribution in [0.15, 0.2) is 30.3 Å². The van der Waals surface area contributed by atoms with Gasteiger partial charge in [0.1, 0.15) is 0 Å². The molecule has 0 amide bonds. The minimum absolute atomic E-state index is 0.611. The smallest absolute Gasteiger partial charge is 0.0236 e. The molecule has 3 atom stereocenters. The van der Waals surface area contributed by atoms with E-state index in [1.807, 2.05) is 0 Å². The molecule has 0 spiro atoms. The predicted molar refractivity (Wildman–Crippen MR) is 84.9 cm³/mol. The Kier molecular flexibility index (Phi) is 4.42. The topological polar surface area (TPSA) is 15.3 Å². The van der Waals surface area contributed by atoms with Crippen molar-refractivity contribution in [2.45, 2.75) is 45.2 Å². The van der Waals surface area contributed by atoms with Crippen molar-refractivity contribution in [2.75, 3.05) is 19.6 Å². The highest BCUT2D eigenvalue weighted by Crippen LogP contribution is 2.37. The summed E-state index contributed by atoms with van der Waals surface area (Å²) in [4.78, 5) is 2.72. The Morgan fingerprint density at radius 3 is 2.70 bits per heavy atom. The Morgan fingerprint density at radius 2 is 2.00 bits per heavy atom. The molecule has 2 heteroatoms. The third kappa shape index (κ3) is 3.62. The molecule has 2 nitrogen and oxygen atoms in total. The molecular formula is C18H28N2. The molecule has 1 aromatic carbocycles. The molecule has 1 saturated carbocycles. The molecule has 1 aromatic rings. The summed E-state index contributed by atoms with van der Waals surface area (Å²) >= 11 is 0. The van der Waals surface area contributed by atoms with Crippen LogP contribution in [-0.2, 0) is 6.42 Å². The van der Waals surface area contributed by atoms with Crippen molar-refractivity contribution in [1.82, 2.24) is 10.2 Å². The molecule has 2 aliphatic rings. The monoisotopic (exact) mass is 272 g/mol. The van der Waals surface area contributed by atoms with Crippen LogP contribution in [0.1, 0.15) is 32.3 Å². The normalized spacial score (nSPS) is 29.3. The zero-order valence-corrected chi connectivity index (χ0v) is 12.9. The van der Waals surface area contributed by atoms with E-state index in [9.17, 15) is 0 Å². The second kappa shape index (κ2) is 6.28. The van der Waals surface area contributed by atoms with E-state index in [4.69, 9.17) is 0 Å². The third-order valence-electron chi connectivity index (χ3n) is 5.05. The largest absolute Gasteiger partial charge is 0.311 e. The van der Waals surface area contributed by atoms with Crippen molar-refractivity contribution in [3.63, 3.8) is 0 Å². The Labute approximate surface area is 123 Å². The molecule has 0 aromatic heterocycles. The van der Waals surface area contributed by atoms with Gasteiger partial charge in [-0.25, -0.2) is 0 Å². The van der Waals surface area contributed by atoms with Gasteiger partial charge < -0.3 is 5.32 Å². The molecule has 0 radical (unpaired) electrons. The van der Waals surface area contributed by atoms with E-state index in [0.29, 0.717) is 12.1 Å². The van der Waals surface area contributed by atoms with Crippen LogP contribution in [0.5, 0.6) is 0 Å². The number of hydrogen-bond acceptors (Lipinski definition) is 2. The fourth-order valence-corrected chi connectivity index (χ4v) is 3.47. The quantitative estimate of drug-likeness (QED) is 0.886. The highest BCUT2D eigenvalue weighted by molar-refractivity contribution is 5.16. The van der Waals surface area contributed by atoms with Gasteiger partial charge in [-0.05, 0) is 43.6 Å². The fourth-order valence-electron chi connectivity index (χ4n) is 3.47. The van der Waals surface area contributed by atoms with E-state index in [2.05, 4.69) is 54.4 Å². The summed E-state index contributed by atoms with van der Waals surface area (Å²) in [6, 6.07) is 12.2. The molecule has 1 heterocycles. The highest BCUT2D eigenvalue weighted by atomic mass is 15.2. The third-order valence-corrected chi connectivity index (χ3v) is 5.05. The summed E-state index contributed by atoms with van der Waals surface area (Å²) < 4.78 is 0. The van der Waals surface area contributed by atoms with Gasteiger partial charge in [0.2, 0.25) is 0 Å². The van der Waals surface area contributed by atoms with Crippen molar-refractivity contribution < 1.29 is 0 Å². The zero-order valence-electron chi connectivity index (χ0n) is 12.9. The minimum Gasteiger partial charge on any atom is -0.311 e. The van der Waals surface area contributed by atoms with Crippen LogP contribution in [0.2, 0.25) is 0 Å². The van der Waals surface area contributed by atoms with Crippen molar-refractivity contribution in [2.24, 2.45) is 11.8 Å². The summed E-state index contributed by atoms with van der Waals surface area (Å²) in [7, 11) is 0. The average molecular weight is 272 g/mol. The maximum Gasteiger partial charge on any atom is 0.0236 e. The molecule has 0 bridgehead atoms. The first-order chi connectivity index (χ1) is 9.72. The number of benzene rings is 1. The molecule has 1 aliphatic heterocycles. The highest BCUT2D eigenvalue weighted by Gasteiger charge is 2.32. The van der Waals surface area contributed by atoms with Crippen LogP contribution in [0.3, 0.4) is 0 Å². The maximum atomic E-state index is 3.72. The molecular weight excluding hydrogens is 244 g/mol. The zero-order chi connectivity index (χ0) is 13.9. The summed E-state index contributed by atoms with van der Waals surface area (Å²) in [5.74, 6) is 1.90. The van der Waals surface area contributed by atoms with Gasteiger partial charge in [-0.1, -0.05) is 37.3 Å². The number of hydrogen-bond donors (Lipinski definition) is 1. The Morgan fingerprint density at radius 1 is 1.25 bits per heavy atom. The first-order valence-corrected chi connectivity index (χ1v) is 8.23. The molecule has 1 aliphatic carbocycles. The minimum atomic E-state index is 0.611. The van der Waals surface area contributed by atoms with Gasteiger partial charge in [0, 0.05) is 31.7 Å². The summed E-state index contributed by atoms with van der Waals surface area (Å²) in [5, 5.41) is 3.72. The number of piperazine rings is 1. The molecule has 1 N–H and O–H groups in total. The summed E-state index contributed by atoms with van der Waals surface area (Å²) in [6.45, 7) is 8.44. The Bertz CT molecular complexity index is 413. The van der Waals surface area contributed by atoms with Crippen molar-refractivity contribution >= 4 is 0 Å². The number of nitrogens with one attached hydrogen (secondary N) is 1. The van der Waals surface area contributed by atoms with Crippen LogP contribution < -0.4 is 5.32 Å². The molecule has 2 fully saturated rings. The van der Waals surface area contributed by atoms with Gasteiger partial charge in [0.15, 0.2) is 0 Å². The molecule has 3 rings (SSSR count). The van der Waals surface area contributed by atoms with Gasteiger partial charge in [-0.3, -0.25) is 4.90 Å². The fraction of sp³-hybridized carbons (Fsp3) is 0.667. The molecule has 20 heavy (non-hydrogen) atoms. The molecule has 3 unspecified atom stereocenters. The SMILES string of the molecule is CC(CN1CC(Cc2ccccc2)NCC1C)C1CC1. The lowest BCUT2D eigenvalue weighted by Crippen LogP contribution is -2.57. The summed E-state index contributed by atoms with van der Waals surface area (Å²) in [6.07, 6.45) is 4.09. The van der Waals surface area contributed by atoms with Crippen LogP contribution in [-0.4, -0.2) is 36.6 Å². The van der Waals surface area contributed by atoms with Crippen LogP contribution in [0, 0.1) is 11.8 Å². The molecule has 1 saturated heterocycles. The van der Waals surface area contributed by atoms with Crippen LogP contribution in [0.25, 0.3) is 0 Å². The average Bonchev–Trinajstić information content (AvgIpc) is 3.28. The predicted octanol–water partition coefficient (Wildman–Crippen LogP) is 2.94. The first kappa shape index (κ1) is 14.1. The van der Waals surface area contributed by atoms with E-state index >= 15 is 0 Å². The maximum absolute atomic E-state index is 3.72. The van der Waals surface area contributed by atoms with E-state index in [1.165, 1.54) is 31.5 Å². The molecule has 110 valence electrons. The van der Waals surface area contributed by atoms with Gasteiger partial charge in [-0.2, -0.15) is 0 Å². The van der Waals surface area contributed by atoms with Crippen LogP contribution >= 0.6 is 0 Å². The van der Waals surface area contributed by atoms with Crippen molar-refractivity contribution in [3.05, 3.63) is 35.9 Å². The standard InChI is InChI=1S/C18H28N2/c1-14(17-8-9-17)12-20-13-18(19-11-15(20)2)10-16-6-4-3-5-7-16/h3-7,14-15,17-19H,8-13H2,1-2H3. The van der Waals surface area contributed by atoms with E-state index in [0.717, 1.165) is 24.8 Å². The first-order valence-electron chi connectivity index (χ1n) is 8.23. The van der Waals surface area contributed by atoms with Gasteiger partial charge in [0.05, 0.1) is 0 Å². The number of rotatable bonds is 5.